The smallest absolute Gasteiger partial charge is 0.244 e. The second-order valence-corrected chi connectivity index (χ2v) is 10.2. The minimum atomic E-state index is -3.98. The number of rotatable bonds is 6. The number of carbonyl (C=O) groups is 1. The molecule has 2 aromatic carbocycles. The van der Waals surface area contributed by atoms with Crippen LogP contribution in [0.3, 0.4) is 0 Å². The van der Waals surface area contributed by atoms with Gasteiger partial charge in [0.05, 0.1) is 28.3 Å². The summed E-state index contributed by atoms with van der Waals surface area (Å²) in [4.78, 5) is 17.3. The summed E-state index contributed by atoms with van der Waals surface area (Å²) in [7, 11) is -3.98. The molecule has 1 aliphatic heterocycles. The number of hydrogen-bond acceptors (Lipinski definition) is 7. The standard InChI is InChI=1S/C21H23N3O5S2/c1-13(2)19(20(25)23-21-22-15-6-3-4-7-18(15)30-21)24-31(26,27)14-8-9-16-17(12-14)29-11-5-10-28-16/h3-4,6-9,12-13,19,24H,5,10-11H2,1-2H3,(H,22,23,25). The Labute approximate surface area is 184 Å². The van der Waals surface area contributed by atoms with E-state index in [1.165, 1.54) is 23.5 Å². The molecule has 1 aromatic heterocycles. The summed E-state index contributed by atoms with van der Waals surface area (Å²) in [6, 6.07) is 11.0. The Balaban J connectivity index is 1.54. The average Bonchev–Trinajstić information content (AvgIpc) is 2.98. The third-order valence-corrected chi connectivity index (χ3v) is 7.18. The van der Waals surface area contributed by atoms with Gasteiger partial charge < -0.3 is 14.8 Å². The van der Waals surface area contributed by atoms with Gasteiger partial charge in [-0.15, -0.1) is 0 Å². The summed E-state index contributed by atoms with van der Waals surface area (Å²) in [5.41, 5.74) is 0.775. The molecule has 0 radical (unpaired) electrons. The van der Waals surface area contributed by atoms with Crippen LogP contribution in [0.25, 0.3) is 10.2 Å². The second-order valence-electron chi connectivity index (χ2n) is 7.48. The van der Waals surface area contributed by atoms with Gasteiger partial charge in [-0.3, -0.25) is 4.79 Å². The van der Waals surface area contributed by atoms with E-state index in [0.717, 1.165) is 16.6 Å². The number of ether oxygens (including phenoxy) is 2. The van der Waals surface area contributed by atoms with Gasteiger partial charge >= 0.3 is 0 Å². The van der Waals surface area contributed by atoms with Crippen molar-refractivity contribution < 1.29 is 22.7 Å². The van der Waals surface area contributed by atoms with Gasteiger partial charge in [-0.2, -0.15) is 4.72 Å². The van der Waals surface area contributed by atoms with E-state index in [0.29, 0.717) is 29.8 Å². The number of thiazole rings is 1. The molecule has 0 saturated carbocycles. The van der Waals surface area contributed by atoms with Crippen molar-refractivity contribution in [2.45, 2.75) is 31.2 Å². The van der Waals surface area contributed by atoms with Crippen molar-refractivity contribution in [2.75, 3.05) is 18.5 Å². The van der Waals surface area contributed by atoms with Gasteiger partial charge in [0, 0.05) is 12.5 Å². The van der Waals surface area contributed by atoms with Crippen molar-refractivity contribution in [1.82, 2.24) is 9.71 Å². The van der Waals surface area contributed by atoms with Crippen LogP contribution in [0.5, 0.6) is 11.5 Å². The number of anilines is 1. The van der Waals surface area contributed by atoms with E-state index in [2.05, 4.69) is 15.0 Å². The molecule has 8 nitrogen and oxygen atoms in total. The first-order chi connectivity index (χ1) is 14.8. The monoisotopic (exact) mass is 461 g/mol. The van der Waals surface area contributed by atoms with Crippen molar-refractivity contribution in [3.63, 3.8) is 0 Å². The van der Waals surface area contributed by atoms with Gasteiger partial charge in [0.15, 0.2) is 16.6 Å². The summed E-state index contributed by atoms with van der Waals surface area (Å²) in [5, 5.41) is 3.16. The van der Waals surface area contributed by atoms with Crippen molar-refractivity contribution in [3.05, 3.63) is 42.5 Å². The minimum absolute atomic E-state index is 0.00943. The fraction of sp³-hybridized carbons (Fsp3) is 0.333. The van der Waals surface area contributed by atoms with E-state index in [1.54, 1.807) is 19.9 Å². The number of fused-ring (bicyclic) bond motifs is 2. The van der Waals surface area contributed by atoms with Crippen molar-refractivity contribution >= 4 is 42.6 Å². The van der Waals surface area contributed by atoms with Gasteiger partial charge in [-0.25, -0.2) is 13.4 Å². The topological polar surface area (TPSA) is 107 Å². The lowest BCUT2D eigenvalue weighted by molar-refractivity contribution is -0.118. The molecule has 1 amide bonds. The SMILES string of the molecule is CC(C)C(NS(=O)(=O)c1ccc2c(c1)OCCCO2)C(=O)Nc1nc2ccccc2s1. The highest BCUT2D eigenvalue weighted by Gasteiger charge is 2.30. The molecule has 10 heteroatoms. The van der Waals surface area contributed by atoms with E-state index >= 15 is 0 Å². The lowest BCUT2D eigenvalue weighted by atomic mass is 10.1. The Bertz CT molecular complexity index is 1170. The average molecular weight is 462 g/mol. The molecule has 1 unspecified atom stereocenters. The van der Waals surface area contributed by atoms with Crippen LogP contribution < -0.4 is 19.5 Å². The molecule has 1 aliphatic rings. The number of para-hydroxylation sites is 1. The van der Waals surface area contributed by atoms with Crippen molar-refractivity contribution in [3.8, 4) is 11.5 Å². The molecule has 31 heavy (non-hydrogen) atoms. The summed E-state index contributed by atoms with van der Waals surface area (Å²) >= 11 is 1.34. The first-order valence-electron chi connectivity index (χ1n) is 9.92. The van der Waals surface area contributed by atoms with Gasteiger partial charge in [-0.1, -0.05) is 37.3 Å². The van der Waals surface area contributed by atoms with Crippen LogP contribution in [-0.4, -0.2) is 38.6 Å². The molecule has 0 saturated heterocycles. The van der Waals surface area contributed by atoms with Crippen LogP contribution in [-0.2, 0) is 14.8 Å². The normalized spacial score (nSPS) is 14.9. The van der Waals surface area contributed by atoms with E-state index in [1.807, 2.05) is 24.3 Å². The van der Waals surface area contributed by atoms with Crippen LogP contribution in [0, 0.1) is 5.92 Å². The highest BCUT2D eigenvalue weighted by molar-refractivity contribution is 7.89. The molecule has 0 fully saturated rings. The highest BCUT2D eigenvalue weighted by Crippen LogP contribution is 2.32. The predicted molar refractivity (Wildman–Crippen MR) is 119 cm³/mol. The largest absolute Gasteiger partial charge is 0.490 e. The zero-order valence-corrected chi connectivity index (χ0v) is 18.8. The first kappa shape index (κ1) is 21.5. The Morgan fingerprint density at radius 3 is 2.58 bits per heavy atom. The molecular weight excluding hydrogens is 438 g/mol. The molecule has 2 N–H and O–H groups in total. The van der Waals surface area contributed by atoms with Gasteiger partial charge in [0.25, 0.3) is 0 Å². The lowest BCUT2D eigenvalue weighted by Crippen LogP contribution is -2.47. The predicted octanol–water partition coefficient (Wildman–Crippen LogP) is 3.40. The minimum Gasteiger partial charge on any atom is -0.490 e. The number of sulfonamides is 1. The van der Waals surface area contributed by atoms with Crippen molar-refractivity contribution in [2.24, 2.45) is 5.92 Å². The lowest BCUT2D eigenvalue weighted by Gasteiger charge is -2.21. The fourth-order valence-corrected chi connectivity index (χ4v) is 5.37. The number of nitrogens with one attached hydrogen (secondary N) is 2. The number of amides is 1. The van der Waals surface area contributed by atoms with Crippen LogP contribution in [0.15, 0.2) is 47.4 Å². The highest BCUT2D eigenvalue weighted by atomic mass is 32.2. The Kier molecular flexibility index (Phi) is 6.12. The van der Waals surface area contributed by atoms with Crippen LogP contribution in [0.2, 0.25) is 0 Å². The zero-order chi connectivity index (χ0) is 22.0. The number of hydrogen-bond donors (Lipinski definition) is 2. The number of carbonyl (C=O) groups excluding carboxylic acids is 1. The Morgan fingerprint density at radius 2 is 1.84 bits per heavy atom. The van der Waals surface area contributed by atoms with Gasteiger partial charge in [-0.05, 0) is 30.2 Å². The maximum Gasteiger partial charge on any atom is 0.244 e. The van der Waals surface area contributed by atoms with E-state index in [-0.39, 0.29) is 10.8 Å². The maximum absolute atomic E-state index is 13.0. The van der Waals surface area contributed by atoms with Gasteiger partial charge in [0.2, 0.25) is 15.9 Å². The number of nitrogens with zero attached hydrogens (tertiary/aromatic N) is 1. The van der Waals surface area contributed by atoms with Crippen LogP contribution in [0.1, 0.15) is 20.3 Å². The van der Waals surface area contributed by atoms with Gasteiger partial charge in [0.1, 0.15) is 6.04 Å². The Morgan fingerprint density at radius 1 is 1.10 bits per heavy atom. The molecule has 0 spiro atoms. The van der Waals surface area contributed by atoms with E-state index < -0.39 is 22.0 Å². The molecule has 1 atom stereocenters. The van der Waals surface area contributed by atoms with Crippen LogP contribution in [0.4, 0.5) is 5.13 Å². The summed E-state index contributed by atoms with van der Waals surface area (Å²) in [6.45, 7) is 4.51. The molecule has 2 heterocycles. The number of benzene rings is 2. The molecule has 164 valence electrons. The second kappa shape index (κ2) is 8.81. The molecule has 3 aromatic rings. The quantitative estimate of drug-likeness (QED) is 0.583. The third kappa shape index (κ3) is 4.81. The maximum atomic E-state index is 13.0. The third-order valence-electron chi connectivity index (χ3n) is 4.78. The first-order valence-corrected chi connectivity index (χ1v) is 12.2. The number of aromatic nitrogens is 1. The van der Waals surface area contributed by atoms with E-state index in [4.69, 9.17) is 9.47 Å². The zero-order valence-electron chi connectivity index (χ0n) is 17.1. The molecule has 0 aliphatic carbocycles. The molecular formula is C21H23N3O5S2. The van der Waals surface area contributed by atoms with Crippen molar-refractivity contribution in [1.29, 1.82) is 0 Å². The summed E-state index contributed by atoms with van der Waals surface area (Å²) in [5.74, 6) is 0.127. The Hall–Kier alpha value is -2.69. The molecule has 4 rings (SSSR count). The van der Waals surface area contributed by atoms with E-state index in [9.17, 15) is 13.2 Å². The fourth-order valence-electron chi connectivity index (χ4n) is 3.15. The molecule has 0 bridgehead atoms. The van der Waals surface area contributed by atoms with Crippen LogP contribution >= 0.6 is 11.3 Å². The summed E-state index contributed by atoms with van der Waals surface area (Å²) < 4.78 is 40.6. The summed E-state index contributed by atoms with van der Waals surface area (Å²) in [6.07, 6.45) is 0.719.